The van der Waals surface area contributed by atoms with Crippen LogP contribution < -0.4 is 4.74 Å². The van der Waals surface area contributed by atoms with E-state index < -0.39 is 5.97 Å². The van der Waals surface area contributed by atoms with E-state index in [4.69, 9.17) is 16.3 Å². The molecule has 2 amide bonds. The lowest BCUT2D eigenvalue weighted by molar-refractivity contribution is -0.141. The highest BCUT2D eigenvalue weighted by Gasteiger charge is 2.47. The second kappa shape index (κ2) is 7.16. The zero-order valence-corrected chi connectivity index (χ0v) is 15.3. The number of hydrogen-bond donors (Lipinski definition) is 0. The monoisotopic (exact) mass is 363 g/mol. The van der Waals surface area contributed by atoms with Gasteiger partial charge in [-0.1, -0.05) is 24.4 Å². The number of fused-ring (bicyclic) bond motifs is 1. The van der Waals surface area contributed by atoms with Crippen molar-refractivity contribution in [2.75, 3.05) is 6.54 Å². The second-order valence-corrected chi connectivity index (χ2v) is 7.35. The van der Waals surface area contributed by atoms with Gasteiger partial charge in [0.25, 0.3) is 0 Å². The van der Waals surface area contributed by atoms with Crippen LogP contribution >= 0.6 is 11.6 Å². The number of halogens is 1. The van der Waals surface area contributed by atoms with Crippen molar-refractivity contribution in [1.29, 1.82) is 0 Å². The third-order valence-corrected chi connectivity index (χ3v) is 5.33. The summed E-state index contributed by atoms with van der Waals surface area (Å²) in [7, 11) is 0. The number of likely N-dealkylation sites (tertiary alicyclic amines) is 1. The smallest absolute Gasteiger partial charge is 0.313 e. The second-order valence-electron chi connectivity index (χ2n) is 6.92. The van der Waals surface area contributed by atoms with Gasteiger partial charge in [0, 0.05) is 11.6 Å². The lowest BCUT2D eigenvalue weighted by Gasteiger charge is -2.19. The Morgan fingerprint density at radius 1 is 1.12 bits per heavy atom. The molecule has 3 rings (SSSR count). The number of hydrogen-bond acceptors (Lipinski definition) is 4. The minimum Gasteiger partial charge on any atom is -0.426 e. The van der Waals surface area contributed by atoms with Crippen molar-refractivity contribution < 1.29 is 19.1 Å². The maximum Gasteiger partial charge on any atom is 0.313 e. The Morgan fingerprint density at radius 2 is 1.64 bits per heavy atom. The largest absolute Gasteiger partial charge is 0.426 e. The third-order valence-electron chi connectivity index (χ3n) is 5.11. The number of amides is 2. The van der Waals surface area contributed by atoms with Crippen LogP contribution in [0.2, 0.25) is 5.02 Å². The van der Waals surface area contributed by atoms with Crippen molar-refractivity contribution in [2.45, 2.75) is 46.0 Å². The number of esters is 1. The first-order valence-electron chi connectivity index (χ1n) is 8.71. The number of nitrogens with zero attached hydrogens (tertiary/aromatic N) is 1. The van der Waals surface area contributed by atoms with Gasteiger partial charge < -0.3 is 4.74 Å². The van der Waals surface area contributed by atoms with Gasteiger partial charge >= 0.3 is 5.97 Å². The highest BCUT2D eigenvalue weighted by atomic mass is 35.5. The van der Waals surface area contributed by atoms with Gasteiger partial charge in [0.05, 0.1) is 18.3 Å². The summed E-state index contributed by atoms with van der Waals surface area (Å²) in [5.74, 6) is -0.579. The number of ether oxygens (including phenoxy) is 1. The van der Waals surface area contributed by atoms with Crippen LogP contribution in [0.4, 0.5) is 0 Å². The Bertz CT molecular complexity index is 683. The van der Waals surface area contributed by atoms with Crippen molar-refractivity contribution in [3.63, 3.8) is 0 Å². The van der Waals surface area contributed by atoms with Crippen LogP contribution in [-0.4, -0.2) is 29.2 Å². The summed E-state index contributed by atoms with van der Waals surface area (Å²) in [5.41, 5.74) is 1.55. The molecule has 25 heavy (non-hydrogen) atoms. The zero-order chi connectivity index (χ0) is 18.1. The first kappa shape index (κ1) is 17.9. The molecule has 2 aliphatic rings. The number of carbonyl (C=O) groups is 3. The van der Waals surface area contributed by atoms with Crippen LogP contribution in [0.1, 0.15) is 43.2 Å². The normalized spacial score (nSPS) is 22.9. The van der Waals surface area contributed by atoms with E-state index in [-0.39, 0.29) is 36.6 Å². The van der Waals surface area contributed by atoms with Gasteiger partial charge in [-0.15, -0.1) is 0 Å². The Morgan fingerprint density at radius 3 is 2.16 bits per heavy atom. The first-order valence-corrected chi connectivity index (χ1v) is 9.09. The van der Waals surface area contributed by atoms with E-state index >= 15 is 0 Å². The van der Waals surface area contributed by atoms with Crippen LogP contribution in [0.25, 0.3) is 0 Å². The molecule has 134 valence electrons. The van der Waals surface area contributed by atoms with Crippen molar-refractivity contribution >= 4 is 29.4 Å². The molecule has 6 heteroatoms. The van der Waals surface area contributed by atoms with Crippen molar-refractivity contribution in [3.8, 4) is 5.75 Å². The average molecular weight is 364 g/mol. The lowest BCUT2D eigenvalue weighted by atomic mass is 9.81. The topological polar surface area (TPSA) is 63.7 Å². The summed E-state index contributed by atoms with van der Waals surface area (Å²) in [5, 5.41) is 0.589. The maximum absolute atomic E-state index is 12.4. The molecule has 1 aliphatic carbocycles. The zero-order valence-electron chi connectivity index (χ0n) is 14.5. The molecule has 1 aromatic rings. The molecule has 0 unspecified atom stereocenters. The van der Waals surface area contributed by atoms with Gasteiger partial charge in [0.2, 0.25) is 11.8 Å². The highest BCUT2D eigenvalue weighted by Crippen LogP contribution is 2.38. The lowest BCUT2D eigenvalue weighted by Crippen LogP contribution is -2.33. The van der Waals surface area contributed by atoms with E-state index in [1.54, 1.807) is 12.1 Å². The quantitative estimate of drug-likeness (QED) is 0.467. The van der Waals surface area contributed by atoms with Crippen molar-refractivity contribution in [1.82, 2.24) is 4.90 Å². The van der Waals surface area contributed by atoms with E-state index in [1.165, 1.54) is 4.90 Å². The minimum atomic E-state index is -0.455. The van der Waals surface area contributed by atoms with Crippen LogP contribution in [0.3, 0.4) is 0 Å². The number of benzene rings is 1. The highest BCUT2D eigenvalue weighted by molar-refractivity contribution is 6.30. The van der Waals surface area contributed by atoms with E-state index in [1.807, 2.05) is 13.8 Å². The Kier molecular flexibility index (Phi) is 5.13. The molecule has 0 N–H and O–H groups in total. The van der Waals surface area contributed by atoms with Crippen LogP contribution in [-0.2, 0) is 14.4 Å². The Hall–Kier alpha value is -1.88. The number of carbonyl (C=O) groups excluding carboxylic acids is 3. The third kappa shape index (κ3) is 3.56. The van der Waals surface area contributed by atoms with Gasteiger partial charge in [0.1, 0.15) is 5.75 Å². The molecular weight excluding hydrogens is 342 g/mol. The number of imide groups is 1. The molecule has 1 aliphatic heterocycles. The van der Waals surface area contributed by atoms with Crippen molar-refractivity contribution in [2.24, 2.45) is 11.8 Å². The van der Waals surface area contributed by atoms with E-state index in [9.17, 15) is 14.4 Å². The van der Waals surface area contributed by atoms with Gasteiger partial charge in [-0.2, -0.15) is 0 Å². The molecular formula is C19H22ClNO4. The average Bonchev–Trinajstić information content (AvgIpc) is 2.81. The molecule has 5 nitrogen and oxygen atoms in total. The molecule has 0 aromatic heterocycles. The molecule has 1 saturated carbocycles. The molecule has 1 saturated heterocycles. The molecule has 2 atom stereocenters. The summed E-state index contributed by atoms with van der Waals surface area (Å²) in [6.45, 7) is 3.73. The maximum atomic E-state index is 12.4. The Labute approximate surface area is 152 Å². The van der Waals surface area contributed by atoms with Gasteiger partial charge in [-0.05, 0) is 49.9 Å². The summed E-state index contributed by atoms with van der Waals surface area (Å²) in [6.07, 6.45) is 3.54. The molecule has 2 fully saturated rings. The fraction of sp³-hybridized carbons (Fsp3) is 0.526. The standard InChI is InChI=1S/C19H22ClNO4/c1-11-9-13(20)10-12(2)17(11)25-16(22)7-8-21-18(23)14-5-3-4-6-15(14)19(21)24/h9-10,14-15H,3-8H2,1-2H3/t14-,15+. The fourth-order valence-electron chi connectivity index (χ4n) is 3.88. The van der Waals surface area contributed by atoms with E-state index in [2.05, 4.69) is 0 Å². The summed E-state index contributed by atoms with van der Waals surface area (Å²) < 4.78 is 5.43. The molecule has 1 heterocycles. The molecule has 0 radical (unpaired) electrons. The van der Waals surface area contributed by atoms with Gasteiger partial charge in [-0.3, -0.25) is 19.3 Å². The summed E-state index contributed by atoms with van der Waals surface area (Å²) in [6, 6.07) is 3.46. The van der Waals surface area contributed by atoms with Gasteiger partial charge in [0.15, 0.2) is 0 Å². The Balaban J connectivity index is 1.61. The molecule has 0 bridgehead atoms. The first-order chi connectivity index (χ1) is 11.9. The summed E-state index contributed by atoms with van der Waals surface area (Å²) in [4.78, 5) is 38.2. The number of rotatable bonds is 4. The SMILES string of the molecule is Cc1cc(Cl)cc(C)c1OC(=O)CCN1C(=O)[C@H]2CCCC[C@H]2C1=O. The van der Waals surface area contributed by atoms with Gasteiger partial charge in [-0.25, -0.2) is 0 Å². The fourth-order valence-corrected chi connectivity index (χ4v) is 4.21. The predicted molar refractivity (Wildman–Crippen MR) is 93.3 cm³/mol. The molecule has 0 spiro atoms. The molecule has 1 aromatic carbocycles. The van der Waals surface area contributed by atoms with E-state index in [0.717, 1.165) is 36.8 Å². The van der Waals surface area contributed by atoms with Crippen LogP contribution in [0.15, 0.2) is 12.1 Å². The minimum absolute atomic E-state index is 0.00156. The van der Waals surface area contributed by atoms with Crippen LogP contribution in [0, 0.1) is 25.7 Å². The summed E-state index contributed by atoms with van der Waals surface area (Å²) >= 11 is 5.98. The van der Waals surface area contributed by atoms with Crippen LogP contribution in [0.5, 0.6) is 5.75 Å². The van der Waals surface area contributed by atoms with E-state index in [0.29, 0.717) is 10.8 Å². The number of aryl methyl sites for hydroxylation is 2. The predicted octanol–water partition coefficient (Wildman–Crippen LogP) is 3.43. The van der Waals surface area contributed by atoms with Crippen molar-refractivity contribution in [3.05, 3.63) is 28.3 Å².